The third kappa shape index (κ3) is 3.72. The lowest BCUT2D eigenvalue weighted by atomic mass is 9.83. The number of ether oxygens (including phenoxy) is 2. The molecule has 2 saturated heterocycles. The number of rotatable bonds is 3. The maximum atomic E-state index is 6.06. The molecule has 0 radical (unpaired) electrons. The Morgan fingerprint density at radius 3 is 2.50 bits per heavy atom. The van der Waals surface area contributed by atoms with Crippen LogP contribution in [-0.2, 0) is 9.47 Å². The average Bonchev–Trinajstić information content (AvgIpc) is 3.34. The van der Waals surface area contributed by atoms with Gasteiger partial charge in [0.2, 0.25) is 0 Å². The normalized spacial score (nSPS) is 28.5. The van der Waals surface area contributed by atoms with Crippen molar-refractivity contribution in [2.24, 2.45) is 0 Å². The van der Waals surface area contributed by atoms with Crippen molar-refractivity contribution in [1.82, 2.24) is 9.80 Å². The van der Waals surface area contributed by atoms with Gasteiger partial charge in [-0.3, -0.25) is 4.90 Å². The van der Waals surface area contributed by atoms with E-state index in [9.17, 15) is 0 Å². The first-order valence-corrected chi connectivity index (χ1v) is 10.8. The first-order chi connectivity index (χ1) is 12.6. The first-order valence-electron chi connectivity index (χ1n) is 9.63. The van der Waals surface area contributed by atoms with Crippen molar-refractivity contribution < 1.29 is 9.47 Å². The topological polar surface area (TPSA) is 24.9 Å². The molecule has 4 nitrogen and oxygen atoms in total. The average molecular weight is 439 g/mol. The summed E-state index contributed by atoms with van der Waals surface area (Å²) in [6, 6.07) is 9.13. The van der Waals surface area contributed by atoms with Crippen LogP contribution in [0.1, 0.15) is 37.7 Å². The SMILES string of the molecule is CN(C(=S)c1ccc(Br)cc1)C1CC2(CCC1N1CCCC1)OCCO2. The Hall–Kier alpha value is -0.530. The molecule has 2 unspecified atom stereocenters. The van der Waals surface area contributed by atoms with E-state index in [1.165, 1.54) is 25.9 Å². The van der Waals surface area contributed by atoms with Crippen LogP contribution in [0.15, 0.2) is 28.7 Å². The highest BCUT2D eigenvalue weighted by Crippen LogP contribution is 2.40. The molecule has 1 aromatic rings. The summed E-state index contributed by atoms with van der Waals surface area (Å²) in [5.74, 6) is -0.398. The fraction of sp³-hybridized carbons (Fsp3) is 0.650. The molecule has 142 valence electrons. The Morgan fingerprint density at radius 2 is 1.85 bits per heavy atom. The Morgan fingerprint density at radius 1 is 1.19 bits per heavy atom. The summed E-state index contributed by atoms with van der Waals surface area (Å²) < 4.78 is 13.2. The highest BCUT2D eigenvalue weighted by molar-refractivity contribution is 9.10. The smallest absolute Gasteiger partial charge is 0.170 e. The highest BCUT2D eigenvalue weighted by atomic mass is 79.9. The zero-order valence-corrected chi connectivity index (χ0v) is 17.7. The Kier molecular flexibility index (Phi) is 5.67. The van der Waals surface area contributed by atoms with Crippen molar-refractivity contribution >= 4 is 33.1 Å². The van der Waals surface area contributed by atoms with Crippen molar-refractivity contribution in [1.29, 1.82) is 0 Å². The number of likely N-dealkylation sites (tertiary alicyclic amines) is 1. The molecule has 1 aromatic carbocycles. The fourth-order valence-corrected chi connectivity index (χ4v) is 5.25. The minimum atomic E-state index is -0.398. The summed E-state index contributed by atoms with van der Waals surface area (Å²) >= 11 is 9.37. The van der Waals surface area contributed by atoms with Crippen LogP contribution in [0.2, 0.25) is 0 Å². The summed E-state index contributed by atoms with van der Waals surface area (Å²) in [5.41, 5.74) is 1.10. The van der Waals surface area contributed by atoms with Crippen molar-refractivity contribution in [2.75, 3.05) is 33.4 Å². The number of benzene rings is 1. The lowest BCUT2D eigenvalue weighted by Crippen LogP contribution is -2.58. The number of likely N-dealkylation sites (N-methyl/N-ethyl adjacent to an activating group) is 1. The largest absolute Gasteiger partial charge is 0.361 e. The predicted molar refractivity (Wildman–Crippen MR) is 110 cm³/mol. The third-order valence-corrected chi connectivity index (χ3v) is 7.17. The number of hydrogen-bond acceptors (Lipinski definition) is 4. The molecule has 0 amide bonds. The van der Waals surface area contributed by atoms with Crippen LogP contribution in [0.5, 0.6) is 0 Å². The van der Waals surface area contributed by atoms with Crippen LogP contribution >= 0.6 is 28.1 Å². The van der Waals surface area contributed by atoms with Gasteiger partial charge in [0.05, 0.1) is 19.3 Å². The van der Waals surface area contributed by atoms with Crippen molar-refractivity contribution in [3.05, 3.63) is 34.3 Å². The van der Waals surface area contributed by atoms with Crippen molar-refractivity contribution in [3.8, 4) is 0 Å². The van der Waals surface area contributed by atoms with Gasteiger partial charge < -0.3 is 14.4 Å². The van der Waals surface area contributed by atoms with Crippen LogP contribution in [-0.4, -0.2) is 66.0 Å². The van der Waals surface area contributed by atoms with Gasteiger partial charge in [-0.2, -0.15) is 0 Å². The molecular weight excluding hydrogens is 412 g/mol. The summed E-state index contributed by atoms with van der Waals surface area (Å²) in [6.07, 6.45) is 5.60. The summed E-state index contributed by atoms with van der Waals surface area (Å²) in [6.45, 7) is 3.83. The second-order valence-electron chi connectivity index (χ2n) is 7.65. The van der Waals surface area contributed by atoms with Gasteiger partial charge in [0.15, 0.2) is 5.79 Å². The second kappa shape index (κ2) is 7.84. The van der Waals surface area contributed by atoms with Crippen LogP contribution in [0, 0.1) is 0 Å². The Bertz CT molecular complexity index is 642. The molecule has 1 saturated carbocycles. The summed E-state index contributed by atoms with van der Waals surface area (Å²) in [5, 5.41) is 0. The van der Waals surface area contributed by atoms with Gasteiger partial charge in [0.25, 0.3) is 0 Å². The molecule has 0 bridgehead atoms. The van der Waals surface area contributed by atoms with Crippen molar-refractivity contribution in [3.63, 3.8) is 0 Å². The van der Waals surface area contributed by atoms with E-state index >= 15 is 0 Å². The van der Waals surface area contributed by atoms with E-state index in [-0.39, 0.29) is 0 Å². The zero-order valence-electron chi connectivity index (χ0n) is 15.3. The Balaban J connectivity index is 1.57. The lowest BCUT2D eigenvalue weighted by molar-refractivity contribution is -0.194. The van der Waals surface area contributed by atoms with Gasteiger partial charge in [-0.05, 0) is 44.5 Å². The van der Waals surface area contributed by atoms with Gasteiger partial charge in [-0.15, -0.1) is 0 Å². The van der Waals surface area contributed by atoms with E-state index in [1.807, 2.05) is 0 Å². The molecule has 0 N–H and O–H groups in total. The van der Waals surface area contributed by atoms with E-state index in [0.717, 1.165) is 34.3 Å². The number of thiocarbonyl (C=S) groups is 1. The van der Waals surface area contributed by atoms with Gasteiger partial charge in [-0.25, -0.2) is 0 Å². The van der Waals surface area contributed by atoms with E-state index in [4.69, 9.17) is 21.7 Å². The van der Waals surface area contributed by atoms with Crippen LogP contribution in [0.25, 0.3) is 0 Å². The van der Waals surface area contributed by atoms with E-state index < -0.39 is 5.79 Å². The molecule has 2 atom stereocenters. The molecule has 3 aliphatic rings. The Labute approximate surface area is 169 Å². The number of nitrogens with zero attached hydrogens (tertiary/aromatic N) is 2. The zero-order chi connectivity index (χ0) is 18.1. The van der Waals surface area contributed by atoms with E-state index in [2.05, 4.69) is 57.0 Å². The van der Waals surface area contributed by atoms with E-state index in [0.29, 0.717) is 25.3 Å². The second-order valence-corrected chi connectivity index (χ2v) is 8.95. The van der Waals surface area contributed by atoms with Crippen LogP contribution < -0.4 is 0 Å². The molecule has 6 heteroatoms. The molecule has 3 fully saturated rings. The molecule has 1 aliphatic carbocycles. The standard InChI is InChI=1S/C20H27BrN2O2S/c1-22(19(26)15-4-6-16(21)7-5-15)18-14-20(24-12-13-25-20)9-8-17(18)23-10-2-3-11-23/h4-7,17-18H,2-3,8-14H2,1H3. The summed E-state index contributed by atoms with van der Waals surface area (Å²) in [7, 11) is 2.14. The van der Waals surface area contributed by atoms with E-state index in [1.54, 1.807) is 0 Å². The molecule has 2 heterocycles. The highest BCUT2D eigenvalue weighted by Gasteiger charge is 2.48. The van der Waals surface area contributed by atoms with Gasteiger partial charge in [-0.1, -0.05) is 40.3 Å². The maximum absolute atomic E-state index is 6.06. The minimum absolute atomic E-state index is 0.316. The lowest BCUT2D eigenvalue weighted by Gasteiger charge is -2.48. The summed E-state index contributed by atoms with van der Waals surface area (Å²) in [4.78, 5) is 5.86. The van der Waals surface area contributed by atoms with Gasteiger partial charge in [0, 0.05) is 36.0 Å². The quantitative estimate of drug-likeness (QED) is 0.667. The van der Waals surface area contributed by atoms with Gasteiger partial charge in [0.1, 0.15) is 4.99 Å². The molecule has 2 aliphatic heterocycles. The molecule has 1 spiro atoms. The van der Waals surface area contributed by atoms with Crippen LogP contribution in [0.4, 0.5) is 0 Å². The molecule has 26 heavy (non-hydrogen) atoms. The van der Waals surface area contributed by atoms with Crippen molar-refractivity contribution in [2.45, 2.75) is 50.0 Å². The number of hydrogen-bond donors (Lipinski definition) is 0. The molecule has 0 aromatic heterocycles. The maximum Gasteiger partial charge on any atom is 0.170 e. The monoisotopic (exact) mass is 438 g/mol. The predicted octanol–water partition coefficient (Wildman–Crippen LogP) is 3.82. The van der Waals surface area contributed by atoms with Crippen LogP contribution in [0.3, 0.4) is 0 Å². The molecular formula is C20H27BrN2O2S. The number of halogens is 1. The van der Waals surface area contributed by atoms with Gasteiger partial charge >= 0.3 is 0 Å². The first kappa shape index (κ1) is 18.8. The minimum Gasteiger partial charge on any atom is -0.361 e. The molecule has 4 rings (SSSR count). The fourth-order valence-electron chi connectivity index (χ4n) is 4.72. The third-order valence-electron chi connectivity index (χ3n) is 6.12.